The molecule has 2 aromatic rings. The summed E-state index contributed by atoms with van der Waals surface area (Å²) in [6.45, 7) is 5.25. The number of amides is 1. The van der Waals surface area contributed by atoms with Crippen LogP contribution >= 0.6 is 0 Å². The number of hydrogen-bond donors (Lipinski definition) is 2. The van der Waals surface area contributed by atoms with Crippen LogP contribution in [-0.4, -0.2) is 36.1 Å². The number of carbonyl (C=O) groups excluding carboxylic acids is 1. The Kier molecular flexibility index (Phi) is 3.65. The molecule has 0 bridgehead atoms. The minimum Gasteiger partial charge on any atom is -0.481 e. The Bertz CT molecular complexity index is 880. The fourth-order valence-corrected chi connectivity index (χ4v) is 3.67. The van der Waals surface area contributed by atoms with Gasteiger partial charge in [0.2, 0.25) is 0 Å². The molecular formula is C19H21N3O3. The summed E-state index contributed by atoms with van der Waals surface area (Å²) >= 11 is 0. The molecule has 2 aliphatic rings. The smallest absolute Gasteiger partial charge is 0.268 e. The quantitative estimate of drug-likeness (QED) is 0.882. The second-order valence-corrected chi connectivity index (χ2v) is 6.74. The molecule has 0 fully saturated rings. The van der Waals surface area contributed by atoms with Crippen molar-refractivity contribution in [2.75, 3.05) is 20.3 Å². The summed E-state index contributed by atoms with van der Waals surface area (Å²) in [6, 6.07) is 1.91. The highest BCUT2D eigenvalue weighted by Crippen LogP contribution is 2.48. The minimum absolute atomic E-state index is 0.136. The van der Waals surface area contributed by atoms with Crippen molar-refractivity contribution in [3.8, 4) is 17.0 Å². The van der Waals surface area contributed by atoms with Crippen molar-refractivity contribution in [1.29, 1.82) is 0 Å². The fourth-order valence-electron chi connectivity index (χ4n) is 3.67. The number of carbonyl (C=O) groups is 1. The van der Waals surface area contributed by atoms with Crippen LogP contribution in [0.4, 0.5) is 0 Å². The molecule has 0 radical (unpaired) electrons. The van der Waals surface area contributed by atoms with Crippen molar-refractivity contribution in [3.63, 3.8) is 0 Å². The monoisotopic (exact) mass is 339 g/mol. The van der Waals surface area contributed by atoms with E-state index < -0.39 is 5.60 Å². The van der Waals surface area contributed by atoms with Crippen LogP contribution in [0.2, 0.25) is 0 Å². The maximum Gasteiger partial charge on any atom is 0.268 e. The van der Waals surface area contributed by atoms with Gasteiger partial charge < -0.3 is 19.8 Å². The second-order valence-electron chi connectivity index (χ2n) is 6.74. The lowest BCUT2D eigenvalue weighted by Gasteiger charge is -2.34. The van der Waals surface area contributed by atoms with E-state index in [0.717, 1.165) is 40.1 Å². The molecule has 0 spiro atoms. The number of H-pyrrole nitrogens is 1. The predicted molar refractivity (Wildman–Crippen MR) is 94.5 cm³/mol. The molecule has 0 atom stereocenters. The maximum absolute atomic E-state index is 12.6. The van der Waals surface area contributed by atoms with E-state index in [1.165, 1.54) is 0 Å². The molecule has 25 heavy (non-hydrogen) atoms. The second kappa shape index (κ2) is 5.74. The Labute approximate surface area is 146 Å². The first-order valence-corrected chi connectivity index (χ1v) is 8.42. The van der Waals surface area contributed by atoms with Crippen LogP contribution in [0.5, 0.6) is 5.75 Å². The standard InChI is InChI=1S/C19H21N3O3/c1-19(2)15-14(11-5-8-24-9-6-11)17(18(23)20-3)22-16(15)12-4-7-21-10-13(12)25-19/h4-5,7,10,22H,6,8-9H2,1-3H3,(H,20,23). The van der Waals surface area contributed by atoms with Gasteiger partial charge in [0.25, 0.3) is 5.91 Å². The molecule has 0 saturated heterocycles. The van der Waals surface area contributed by atoms with Crippen LogP contribution in [-0.2, 0) is 10.3 Å². The molecule has 2 N–H and O–H groups in total. The van der Waals surface area contributed by atoms with Gasteiger partial charge in [-0.2, -0.15) is 0 Å². The molecule has 0 aliphatic carbocycles. The van der Waals surface area contributed by atoms with Crippen molar-refractivity contribution in [2.24, 2.45) is 0 Å². The first-order chi connectivity index (χ1) is 12.0. The topological polar surface area (TPSA) is 76.2 Å². The number of aromatic nitrogens is 2. The Morgan fingerprint density at radius 3 is 2.96 bits per heavy atom. The SMILES string of the molecule is CNC(=O)c1[nH]c2c(c1C1=CCOCC1)C(C)(C)Oc1cnccc1-2. The summed E-state index contributed by atoms with van der Waals surface area (Å²) in [7, 11) is 1.64. The van der Waals surface area contributed by atoms with Gasteiger partial charge in [-0.15, -0.1) is 0 Å². The molecule has 0 unspecified atom stereocenters. The average Bonchev–Trinajstić information content (AvgIpc) is 3.03. The molecule has 6 nitrogen and oxygen atoms in total. The molecule has 0 aromatic carbocycles. The lowest BCUT2D eigenvalue weighted by atomic mass is 9.84. The highest BCUT2D eigenvalue weighted by atomic mass is 16.5. The summed E-state index contributed by atoms with van der Waals surface area (Å²) in [5.41, 5.74) is 4.91. The van der Waals surface area contributed by atoms with Crippen molar-refractivity contribution < 1.29 is 14.3 Å². The minimum atomic E-state index is -0.581. The largest absolute Gasteiger partial charge is 0.481 e. The zero-order valence-corrected chi connectivity index (χ0v) is 14.6. The molecule has 4 heterocycles. The third-order valence-electron chi connectivity index (χ3n) is 4.76. The summed E-state index contributed by atoms with van der Waals surface area (Å²) in [5, 5.41) is 2.74. The Morgan fingerprint density at radius 1 is 1.40 bits per heavy atom. The van der Waals surface area contributed by atoms with E-state index in [1.54, 1.807) is 19.4 Å². The predicted octanol–water partition coefficient (Wildman–Crippen LogP) is 2.87. The molecule has 4 rings (SSSR count). The van der Waals surface area contributed by atoms with E-state index >= 15 is 0 Å². The van der Waals surface area contributed by atoms with Crippen LogP contribution in [0.15, 0.2) is 24.5 Å². The van der Waals surface area contributed by atoms with Crippen LogP contribution in [0.1, 0.15) is 41.9 Å². The number of nitrogens with one attached hydrogen (secondary N) is 2. The van der Waals surface area contributed by atoms with Gasteiger partial charge in [0.05, 0.1) is 25.1 Å². The summed E-state index contributed by atoms with van der Waals surface area (Å²) in [4.78, 5) is 20.1. The van der Waals surface area contributed by atoms with E-state index in [2.05, 4.69) is 21.4 Å². The van der Waals surface area contributed by atoms with Gasteiger partial charge >= 0.3 is 0 Å². The number of ether oxygens (including phenoxy) is 2. The van der Waals surface area contributed by atoms with Gasteiger partial charge in [-0.25, -0.2) is 0 Å². The van der Waals surface area contributed by atoms with E-state index in [9.17, 15) is 4.79 Å². The summed E-state index contributed by atoms with van der Waals surface area (Å²) < 4.78 is 11.7. The molecule has 1 amide bonds. The van der Waals surface area contributed by atoms with Crippen molar-refractivity contribution in [3.05, 3.63) is 41.4 Å². The number of hydrogen-bond acceptors (Lipinski definition) is 4. The maximum atomic E-state index is 12.6. The number of aromatic amines is 1. The van der Waals surface area contributed by atoms with Crippen LogP contribution in [0.25, 0.3) is 16.8 Å². The highest BCUT2D eigenvalue weighted by Gasteiger charge is 2.40. The van der Waals surface area contributed by atoms with E-state index in [1.807, 2.05) is 19.9 Å². The van der Waals surface area contributed by atoms with Crippen LogP contribution < -0.4 is 10.1 Å². The van der Waals surface area contributed by atoms with Crippen molar-refractivity contribution in [1.82, 2.24) is 15.3 Å². The Morgan fingerprint density at radius 2 is 2.24 bits per heavy atom. The van der Waals surface area contributed by atoms with Gasteiger partial charge in [0.1, 0.15) is 17.0 Å². The molecule has 2 aromatic heterocycles. The summed E-state index contributed by atoms with van der Waals surface area (Å²) in [6.07, 6.45) is 6.27. The Hall–Kier alpha value is -2.60. The van der Waals surface area contributed by atoms with Gasteiger partial charge in [0.15, 0.2) is 0 Å². The van der Waals surface area contributed by atoms with Crippen molar-refractivity contribution >= 4 is 11.5 Å². The third-order valence-corrected chi connectivity index (χ3v) is 4.76. The van der Waals surface area contributed by atoms with E-state index in [0.29, 0.717) is 18.9 Å². The van der Waals surface area contributed by atoms with Gasteiger partial charge in [-0.1, -0.05) is 6.08 Å². The number of fused-ring (bicyclic) bond motifs is 3. The molecule has 0 saturated carbocycles. The molecular weight excluding hydrogens is 318 g/mol. The number of rotatable bonds is 2. The van der Waals surface area contributed by atoms with Crippen molar-refractivity contribution in [2.45, 2.75) is 25.9 Å². The lowest BCUT2D eigenvalue weighted by molar-refractivity contribution is 0.0957. The lowest BCUT2D eigenvalue weighted by Crippen LogP contribution is -2.30. The number of nitrogens with zero attached hydrogens (tertiary/aromatic N) is 1. The van der Waals surface area contributed by atoms with Gasteiger partial charge in [-0.3, -0.25) is 9.78 Å². The first-order valence-electron chi connectivity index (χ1n) is 8.42. The van der Waals surface area contributed by atoms with Gasteiger partial charge in [0, 0.05) is 29.9 Å². The zero-order valence-electron chi connectivity index (χ0n) is 14.6. The van der Waals surface area contributed by atoms with E-state index in [-0.39, 0.29) is 5.91 Å². The van der Waals surface area contributed by atoms with Crippen LogP contribution in [0, 0.1) is 0 Å². The zero-order chi connectivity index (χ0) is 17.6. The first kappa shape index (κ1) is 15.9. The fraction of sp³-hybridized carbons (Fsp3) is 0.368. The average molecular weight is 339 g/mol. The summed E-state index contributed by atoms with van der Waals surface area (Å²) in [5.74, 6) is 0.584. The third kappa shape index (κ3) is 2.44. The molecule has 130 valence electrons. The molecule has 2 aliphatic heterocycles. The number of pyridine rings is 1. The Balaban J connectivity index is 2.03. The normalized spacial score (nSPS) is 17.8. The van der Waals surface area contributed by atoms with Crippen LogP contribution in [0.3, 0.4) is 0 Å². The van der Waals surface area contributed by atoms with E-state index in [4.69, 9.17) is 9.47 Å². The molecule has 6 heteroatoms. The highest BCUT2D eigenvalue weighted by molar-refractivity contribution is 6.01. The van der Waals surface area contributed by atoms with Gasteiger partial charge in [-0.05, 0) is 31.9 Å².